The van der Waals surface area contributed by atoms with E-state index in [0.717, 1.165) is 6.42 Å². The van der Waals surface area contributed by atoms with Crippen molar-refractivity contribution in [3.8, 4) is 0 Å². The second kappa shape index (κ2) is 3.52. The molecule has 1 saturated heterocycles. The SMILES string of the molecule is C=CC[C@H]1NC(=O)C[C@@H]1C(C)(C)C. The number of rotatable bonds is 2. The highest BCUT2D eigenvalue weighted by Crippen LogP contribution is 2.35. The molecular weight excluding hydrogens is 162 g/mol. The van der Waals surface area contributed by atoms with Crippen LogP contribution >= 0.6 is 0 Å². The Labute approximate surface area is 80.4 Å². The van der Waals surface area contributed by atoms with E-state index in [-0.39, 0.29) is 11.3 Å². The highest BCUT2D eigenvalue weighted by molar-refractivity contribution is 5.79. The van der Waals surface area contributed by atoms with E-state index in [1.165, 1.54) is 0 Å². The van der Waals surface area contributed by atoms with Crippen molar-refractivity contribution in [3.05, 3.63) is 12.7 Å². The first kappa shape index (κ1) is 10.3. The monoisotopic (exact) mass is 181 g/mol. The maximum atomic E-state index is 11.2. The van der Waals surface area contributed by atoms with Gasteiger partial charge in [0.05, 0.1) is 0 Å². The lowest BCUT2D eigenvalue weighted by atomic mass is 9.75. The van der Waals surface area contributed by atoms with E-state index in [1.54, 1.807) is 0 Å². The second-order valence-electron chi connectivity index (χ2n) is 4.88. The van der Waals surface area contributed by atoms with Crippen molar-refractivity contribution in [1.82, 2.24) is 5.32 Å². The van der Waals surface area contributed by atoms with Crippen LogP contribution in [0, 0.1) is 11.3 Å². The highest BCUT2D eigenvalue weighted by atomic mass is 16.2. The van der Waals surface area contributed by atoms with Crippen LogP contribution in [0.15, 0.2) is 12.7 Å². The van der Waals surface area contributed by atoms with Crippen molar-refractivity contribution in [2.24, 2.45) is 11.3 Å². The van der Waals surface area contributed by atoms with Crippen molar-refractivity contribution >= 4 is 5.91 Å². The molecule has 0 radical (unpaired) electrons. The molecule has 0 unspecified atom stereocenters. The maximum absolute atomic E-state index is 11.2. The fourth-order valence-corrected chi connectivity index (χ4v) is 2.02. The molecule has 1 N–H and O–H groups in total. The molecule has 0 bridgehead atoms. The van der Waals surface area contributed by atoms with Gasteiger partial charge in [0, 0.05) is 12.5 Å². The molecule has 0 spiro atoms. The molecule has 0 aromatic carbocycles. The Morgan fingerprint density at radius 1 is 1.62 bits per heavy atom. The Morgan fingerprint density at radius 2 is 2.23 bits per heavy atom. The lowest BCUT2D eigenvalue weighted by molar-refractivity contribution is -0.119. The third-order valence-electron chi connectivity index (χ3n) is 2.77. The van der Waals surface area contributed by atoms with Gasteiger partial charge in [-0.3, -0.25) is 4.79 Å². The quantitative estimate of drug-likeness (QED) is 0.649. The zero-order valence-electron chi connectivity index (χ0n) is 8.76. The first-order valence-corrected chi connectivity index (χ1v) is 4.85. The molecule has 2 nitrogen and oxygen atoms in total. The molecule has 1 rings (SSSR count). The Balaban J connectivity index is 2.71. The predicted octanol–water partition coefficient (Wildman–Crippen LogP) is 2.11. The standard InChI is InChI=1S/C11H19NO/c1-5-6-9-8(11(2,3)4)7-10(13)12-9/h5,8-9H,1,6-7H2,2-4H3,(H,12,13)/t8-,9+/m0/s1. The fraction of sp³-hybridized carbons (Fsp3) is 0.727. The van der Waals surface area contributed by atoms with Crippen LogP contribution in [0.2, 0.25) is 0 Å². The van der Waals surface area contributed by atoms with Crippen molar-refractivity contribution in [2.45, 2.75) is 39.7 Å². The average Bonchev–Trinajstić information content (AvgIpc) is 2.30. The first-order valence-electron chi connectivity index (χ1n) is 4.85. The van der Waals surface area contributed by atoms with Gasteiger partial charge in [0.25, 0.3) is 0 Å². The third kappa shape index (κ3) is 2.33. The molecule has 74 valence electrons. The summed E-state index contributed by atoms with van der Waals surface area (Å²) in [7, 11) is 0. The molecule has 2 atom stereocenters. The van der Waals surface area contributed by atoms with E-state index in [9.17, 15) is 4.79 Å². The summed E-state index contributed by atoms with van der Waals surface area (Å²) in [5.74, 6) is 0.629. The van der Waals surface area contributed by atoms with Crippen molar-refractivity contribution in [2.75, 3.05) is 0 Å². The Hall–Kier alpha value is -0.790. The van der Waals surface area contributed by atoms with E-state index in [2.05, 4.69) is 32.7 Å². The molecule has 1 heterocycles. The summed E-state index contributed by atoms with van der Waals surface area (Å²) in [6.07, 6.45) is 3.44. The summed E-state index contributed by atoms with van der Waals surface area (Å²) in [6.45, 7) is 10.3. The molecule has 13 heavy (non-hydrogen) atoms. The molecule has 0 aromatic heterocycles. The van der Waals surface area contributed by atoms with Gasteiger partial charge >= 0.3 is 0 Å². The van der Waals surface area contributed by atoms with Gasteiger partial charge in [0.1, 0.15) is 0 Å². The molecular formula is C11H19NO. The lowest BCUT2D eigenvalue weighted by Crippen LogP contribution is -2.34. The predicted molar refractivity (Wildman–Crippen MR) is 54.3 cm³/mol. The topological polar surface area (TPSA) is 29.1 Å². The van der Waals surface area contributed by atoms with E-state index < -0.39 is 0 Å². The van der Waals surface area contributed by atoms with Crippen LogP contribution in [-0.2, 0) is 4.79 Å². The van der Waals surface area contributed by atoms with Crippen LogP contribution in [0.3, 0.4) is 0 Å². The number of carbonyl (C=O) groups excluding carboxylic acids is 1. The Morgan fingerprint density at radius 3 is 2.69 bits per heavy atom. The maximum Gasteiger partial charge on any atom is 0.220 e. The Bertz CT molecular complexity index is 215. The summed E-state index contributed by atoms with van der Waals surface area (Å²) in [6, 6.07) is 0.296. The van der Waals surface area contributed by atoms with Gasteiger partial charge in [0.2, 0.25) is 5.91 Å². The van der Waals surface area contributed by atoms with Gasteiger partial charge in [-0.1, -0.05) is 26.8 Å². The fourth-order valence-electron chi connectivity index (χ4n) is 2.02. The Kier molecular flexibility index (Phi) is 2.79. The van der Waals surface area contributed by atoms with Crippen LogP contribution in [-0.4, -0.2) is 11.9 Å². The summed E-state index contributed by atoms with van der Waals surface area (Å²) in [5, 5.41) is 3.00. The molecule has 0 aliphatic carbocycles. The molecule has 0 aromatic rings. The number of hydrogen-bond donors (Lipinski definition) is 1. The summed E-state index contributed by atoms with van der Waals surface area (Å²) < 4.78 is 0. The van der Waals surface area contributed by atoms with Gasteiger partial charge in [-0.05, 0) is 17.8 Å². The van der Waals surface area contributed by atoms with Gasteiger partial charge in [-0.2, -0.15) is 0 Å². The van der Waals surface area contributed by atoms with Crippen LogP contribution < -0.4 is 5.32 Å². The van der Waals surface area contributed by atoms with Gasteiger partial charge in [-0.25, -0.2) is 0 Å². The normalized spacial score (nSPS) is 28.7. The van der Waals surface area contributed by atoms with Gasteiger partial charge in [0.15, 0.2) is 0 Å². The lowest BCUT2D eigenvalue weighted by Gasteiger charge is -2.30. The minimum absolute atomic E-state index is 0.187. The number of amides is 1. The third-order valence-corrected chi connectivity index (χ3v) is 2.77. The van der Waals surface area contributed by atoms with Gasteiger partial charge in [-0.15, -0.1) is 6.58 Å². The molecule has 1 aliphatic heterocycles. The van der Waals surface area contributed by atoms with Crippen LogP contribution in [0.5, 0.6) is 0 Å². The molecule has 0 saturated carbocycles. The zero-order valence-corrected chi connectivity index (χ0v) is 8.76. The van der Waals surface area contributed by atoms with Crippen LogP contribution in [0.25, 0.3) is 0 Å². The van der Waals surface area contributed by atoms with E-state index in [0.29, 0.717) is 18.4 Å². The minimum Gasteiger partial charge on any atom is -0.353 e. The van der Waals surface area contributed by atoms with E-state index in [1.807, 2.05) is 6.08 Å². The summed E-state index contributed by atoms with van der Waals surface area (Å²) >= 11 is 0. The molecule has 1 fully saturated rings. The van der Waals surface area contributed by atoms with E-state index >= 15 is 0 Å². The zero-order chi connectivity index (χ0) is 10.1. The average molecular weight is 181 g/mol. The van der Waals surface area contributed by atoms with Crippen molar-refractivity contribution in [1.29, 1.82) is 0 Å². The van der Waals surface area contributed by atoms with E-state index in [4.69, 9.17) is 0 Å². The minimum atomic E-state index is 0.187. The highest BCUT2D eigenvalue weighted by Gasteiger charge is 2.38. The molecule has 1 amide bonds. The molecule has 1 aliphatic rings. The largest absolute Gasteiger partial charge is 0.353 e. The van der Waals surface area contributed by atoms with Crippen LogP contribution in [0.1, 0.15) is 33.6 Å². The van der Waals surface area contributed by atoms with Crippen molar-refractivity contribution < 1.29 is 4.79 Å². The summed E-state index contributed by atoms with van der Waals surface area (Å²) in [4.78, 5) is 11.2. The molecule has 2 heteroatoms. The number of hydrogen-bond acceptors (Lipinski definition) is 1. The smallest absolute Gasteiger partial charge is 0.220 e. The second-order valence-corrected chi connectivity index (χ2v) is 4.88. The number of nitrogens with one attached hydrogen (secondary N) is 1. The van der Waals surface area contributed by atoms with Gasteiger partial charge < -0.3 is 5.32 Å². The van der Waals surface area contributed by atoms with Crippen LogP contribution in [0.4, 0.5) is 0 Å². The van der Waals surface area contributed by atoms with Crippen molar-refractivity contribution in [3.63, 3.8) is 0 Å². The number of carbonyl (C=O) groups is 1. The summed E-state index contributed by atoms with van der Waals surface area (Å²) in [5.41, 5.74) is 0.201. The first-order chi connectivity index (χ1) is 5.95.